The summed E-state index contributed by atoms with van der Waals surface area (Å²) >= 11 is 0. The highest BCUT2D eigenvalue weighted by molar-refractivity contribution is 5.96. The summed E-state index contributed by atoms with van der Waals surface area (Å²) in [6.45, 7) is 0. The third-order valence-electron chi connectivity index (χ3n) is 10.7. The van der Waals surface area contributed by atoms with Crippen molar-refractivity contribution in [2.75, 3.05) is 4.90 Å². The topological polar surface area (TPSA) is 3.24 Å². The average molecular weight is 636 g/mol. The molecule has 0 radical (unpaired) electrons. The van der Waals surface area contributed by atoms with Crippen molar-refractivity contribution in [1.29, 1.82) is 0 Å². The van der Waals surface area contributed by atoms with E-state index in [1.807, 2.05) is 0 Å². The third kappa shape index (κ3) is 4.20. The molecule has 2 aliphatic rings. The van der Waals surface area contributed by atoms with Gasteiger partial charge >= 0.3 is 0 Å². The quantitative estimate of drug-likeness (QED) is 0.182. The summed E-state index contributed by atoms with van der Waals surface area (Å²) in [4.78, 5) is 2.39. The van der Waals surface area contributed by atoms with Gasteiger partial charge in [-0.1, -0.05) is 164 Å². The van der Waals surface area contributed by atoms with Crippen LogP contribution in [0.15, 0.2) is 200 Å². The molecule has 0 unspecified atom stereocenters. The lowest BCUT2D eigenvalue weighted by molar-refractivity contribution is 0.793. The van der Waals surface area contributed by atoms with Gasteiger partial charge in [-0.3, -0.25) is 0 Å². The summed E-state index contributed by atoms with van der Waals surface area (Å²) in [6.07, 6.45) is 0. The van der Waals surface area contributed by atoms with Gasteiger partial charge in [0.2, 0.25) is 0 Å². The highest BCUT2D eigenvalue weighted by Gasteiger charge is 2.51. The molecule has 8 aromatic rings. The molecular formula is C49H33N. The van der Waals surface area contributed by atoms with Gasteiger partial charge in [0.25, 0.3) is 0 Å². The molecule has 0 heterocycles. The van der Waals surface area contributed by atoms with Gasteiger partial charge in [0.1, 0.15) is 0 Å². The first-order valence-electron chi connectivity index (χ1n) is 17.4. The maximum atomic E-state index is 2.46. The lowest BCUT2D eigenvalue weighted by atomic mass is 9.70. The van der Waals surface area contributed by atoms with Gasteiger partial charge in [0, 0.05) is 17.1 Å². The second-order valence-corrected chi connectivity index (χ2v) is 13.3. The molecule has 0 aliphatic heterocycles. The van der Waals surface area contributed by atoms with Crippen LogP contribution < -0.4 is 4.90 Å². The Morgan fingerprint density at radius 3 is 1.14 bits per heavy atom. The van der Waals surface area contributed by atoms with Crippen molar-refractivity contribution >= 4 is 17.1 Å². The molecule has 10 rings (SSSR count). The molecule has 0 N–H and O–H groups in total. The van der Waals surface area contributed by atoms with Crippen LogP contribution in [0.3, 0.4) is 0 Å². The molecular weight excluding hydrogens is 603 g/mol. The van der Waals surface area contributed by atoms with Crippen LogP contribution in [0, 0.1) is 0 Å². The van der Waals surface area contributed by atoms with Crippen LogP contribution in [-0.2, 0) is 5.41 Å². The molecule has 1 spiro atoms. The van der Waals surface area contributed by atoms with Gasteiger partial charge in [-0.25, -0.2) is 0 Å². The Morgan fingerprint density at radius 1 is 0.260 bits per heavy atom. The van der Waals surface area contributed by atoms with Crippen LogP contribution in [0.4, 0.5) is 17.1 Å². The standard InChI is InChI=1S/C49H33N/c1-3-13-34(14-4-1)35-23-25-36(26-24-35)37-27-29-39(30-28-37)50(38-15-5-2-6-16-38)40-31-32-44-43-19-9-12-22-47(43)49(48(44)33-40)45-20-10-7-17-41(45)42-18-8-11-21-46(42)49/h1-33H. The lowest BCUT2D eigenvalue weighted by Crippen LogP contribution is -2.26. The van der Waals surface area contributed by atoms with Crippen LogP contribution in [-0.4, -0.2) is 0 Å². The fourth-order valence-corrected chi connectivity index (χ4v) is 8.53. The summed E-state index contributed by atoms with van der Waals surface area (Å²) in [6, 6.07) is 73.3. The maximum absolute atomic E-state index is 2.46. The smallest absolute Gasteiger partial charge is 0.0726 e. The summed E-state index contributed by atoms with van der Waals surface area (Å²) in [5.41, 5.74) is 18.6. The number of para-hydroxylation sites is 1. The molecule has 0 atom stereocenters. The summed E-state index contributed by atoms with van der Waals surface area (Å²) in [7, 11) is 0. The Morgan fingerprint density at radius 2 is 0.620 bits per heavy atom. The van der Waals surface area contributed by atoms with Crippen molar-refractivity contribution < 1.29 is 0 Å². The van der Waals surface area contributed by atoms with Crippen LogP contribution in [0.25, 0.3) is 44.5 Å². The van der Waals surface area contributed by atoms with Gasteiger partial charge in [0.15, 0.2) is 0 Å². The highest BCUT2D eigenvalue weighted by Crippen LogP contribution is 2.63. The van der Waals surface area contributed by atoms with Crippen molar-refractivity contribution in [1.82, 2.24) is 0 Å². The first kappa shape index (κ1) is 28.6. The molecule has 0 fully saturated rings. The number of benzene rings is 8. The first-order valence-corrected chi connectivity index (χ1v) is 17.4. The summed E-state index contributed by atoms with van der Waals surface area (Å²) in [5.74, 6) is 0. The number of hydrogen-bond acceptors (Lipinski definition) is 1. The molecule has 0 amide bonds. The molecule has 1 nitrogen and oxygen atoms in total. The van der Waals surface area contributed by atoms with Gasteiger partial charge < -0.3 is 4.90 Å². The zero-order chi connectivity index (χ0) is 33.1. The Bertz CT molecular complexity index is 2450. The van der Waals surface area contributed by atoms with Gasteiger partial charge in [-0.05, 0) is 103 Å². The van der Waals surface area contributed by atoms with Crippen molar-refractivity contribution in [3.05, 3.63) is 222 Å². The highest BCUT2D eigenvalue weighted by atomic mass is 15.1. The Kier molecular flexibility index (Phi) is 6.47. The summed E-state index contributed by atoms with van der Waals surface area (Å²) in [5, 5.41) is 0. The van der Waals surface area contributed by atoms with Crippen LogP contribution in [0.2, 0.25) is 0 Å². The molecule has 1 heteroatoms. The fourth-order valence-electron chi connectivity index (χ4n) is 8.53. The van der Waals surface area contributed by atoms with Gasteiger partial charge in [-0.15, -0.1) is 0 Å². The largest absolute Gasteiger partial charge is 0.310 e. The van der Waals surface area contributed by atoms with Crippen LogP contribution in [0.5, 0.6) is 0 Å². The van der Waals surface area contributed by atoms with E-state index in [-0.39, 0.29) is 5.41 Å². The van der Waals surface area contributed by atoms with E-state index in [9.17, 15) is 0 Å². The zero-order valence-electron chi connectivity index (χ0n) is 27.5. The van der Waals surface area contributed by atoms with Crippen molar-refractivity contribution in [2.24, 2.45) is 0 Å². The van der Waals surface area contributed by atoms with E-state index in [1.165, 1.54) is 66.8 Å². The lowest BCUT2D eigenvalue weighted by Gasteiger charge is -2.32. The van der Waals surface area contributed by atoms with Gasteiger partial charge in [-0.2, -0.15) is 0 Å². The number of fused-ring (bicyclic) bond motifs is 10. The normalized spacial score (nSPS) is 13.0. The zero-order valence-corrected chi connectivity index (χ0v) is 27.5. The van der Waals surface area contributed by atoms with Crippen LogP contribution in [0.1, 0.15) is 22.3 Å². The van der Waals surface area contributed by atoms with E-state index in [0.29, 0.717) is 0 Å². The predicted molar refractivity (Wildman–Crippen MR) is 208 cm³/mol. The molecule has 234 valence electrons. The minimum atomic E-state index is -0.382. The third-order valence-corrected chi connectivity index (χ3v) is 10.7. The molecule has 0 aromatic heterocycles. The average Bonchev–Trinajstić information content (AvgIpc) is 3.66. The number of nitrogens with zero attached hydrogens (tertiary/aromatic N) is 1. The molecule has 50 heavy (non-hydrogen) atoms. The van der Waals surface area contributed by atoms with Crippen LogP contribution >= 0.6 is 0 Å². The monoisotopic (exact) mass is 635 g/mol. The first-order chi connectivity index (χ1) is 24.8. The second-order valence-electron chi connectivity index (χ2n) is 13.3. The van der Waals surface area contributed by atoms with E-state index < -0.39 is 0 Å². The molecule has 0 saturated heterocycles. The molecule has 2 aliphatic carbocycles. The molecule has 0 bridgehead atoms. The number of hydrogen-bond donors (Lipinski definition) is 0. The van der Waals surface area contributed by atoms with E-state index >= 15 is 0 Å². The minimum absolute atomic E-state index is 0.382. The van der Waals surface area contributed by atoms with Crippen molar-refractivity contribution in [2.45, 2.75) is 5.41 Å². The summed E-state index contributed by atoms with van der Waals surface area (Å²) < 4.78 is 0. The fraction of sp³-hybridized carbons (Fsp3) is 0.0204. The number of anilines is 3. The molecule has 0 saturated carbocycles. The SMILES string of the molecule is c1ccc(-c2ccc(-c3ccc(N(c4ccccc4)c4ccc5c(c4)C4(c6ccccc6-c6ccccc64)c4ccccc4-5)cc3)cc2)cc1. The van der Waals surface area contributed by atoms with E-state index in [1.54, 1.807) is 0 Å². The molecule has 8 aromatic carbocycles. The minimum Gasteiger partial charge on any atom is -0.310 e. The Labute approximate surface area is 293 Å². The number of rotatable bonds is 5. The van der Waals surface area contributed by atoms with E-state index in [0.717, 1.165) is 17.1 Å². The Hall–Kier alpha value is -6.44. The van der Waals surface area contributed by atoms with Crippen molar-refractivity contribution in [3.63, 3.8) is 0 Å². The maximum Gasteiger partial charge on any atom is 0.0726 e. The van der Waals surface area contributed by atoms with E-state index in [4.69, 9.17) is 0 Å². The Balaban J connectivity index is 1.11. The van der Waals surface area contributed by atoms with Gasteiger partial charge in [0.05, 0.1) is 5.41 Å². The van der Waals surface area contributed by atoms with E-state index in [2.05, 4.69) is 205 Å². The predicted octanol–water partition coefficient (Wildman–Crippen LogP) is 12.8. The second kappa shape index (κ2) is 11.3. The van der Waals surface area contributed by atoms with Crippen molar-refractivity contribution in [3.8, 4) is 44.5 Å².